The number of hydrogen-bond donors (Lipinski definition) is 1. The van der Waals surface area contributed by atoms with Crippen molar-refractivity contribution in [1.82, 2.24) is 15.3 Å². The Kier molecular flexibility index (Phi) is 5.14. The number of methoxy groups -OCH3 is 1. The van der Waals surface area contributed by atoms with Crippen molar-refractivity contribution in [2.45, 2.75) is 26.0 Å². The molecular formula is C11H19N3O2. The van der Waals surface area contributed by atoms with Gasteiger partial charge in [0.15, 0.2) is 0 Å². The highest BCUT2D eigenvalue weighted by molar-refractivity contribution is 5.22. The van der Waals surface area contributed by atoms with Gasteiger partial charge in [-0.1, -0.05) is 0 Å². The minimum Gasteiger partial charge on any atom is -0.480 e. The summed E-state index contributed by atoms with van der Waals surface area (Å²) in [6, 6.07) is -0.0244. The third-order valence-electron chi connectivity index (χ3n) is 2.39. The lowest BCUT2D eigenvalue weighted by Gasteiger charge is -2.23. The molecule has 5 nitrogen and oxygen atoms in total. The molecule has 2 atom stereocenters. The van der Waals surface area contributed by atoms with E-state index in [9.17, 15) is 0 Å². The smallest absolute Gasteiger partial charge is 0.237 e. The van der Waals surface area contributed by atoms with Crippen LogP contribution in [-0.4, -0.2) is 36.8 Å². The molecule has 0 aliphatic heterocycles. The number of nitrogens with one attached hydrogen (secondary N) is 1. The first-order valence-electron chi connectivity index (χ1n) is 5.38. The number of aromatic nitrogens is 2. The van der Waals surface area contributed by atoms with E-state index in [1.54, 1.807) is 19.5 Å². The zero-order chi connectivity index (χ0) is 12.0. The van der Waals surface area contributed by atoms with Crippen molar-refractivity contribution < 1.29 is 9.47 Å². The Balaban J connectivity index is 2.93. The summed E-state index contributed by atoms with van der Waals surface area (Å²) < 4.78 is 10.8. The molecule has 1 aromatic rings. The average molecular weight is 225 g/mol. The maximum atomic E-state index is 5.56. The van der Waals surface area contributed by atoms with E-state index in [0.29, 0.717) is 12.5 Å². The molecule has 0 aliphatic carbocycles. The van der Waals surface area contributed by atoms with E-state index in [1.807, 2.05) is 20.9 Å². The van der Waals surface area contributed by atoms with Crippen LogP contribution in [0, 0.1) is 0 Å². The number of nitrogens with zero attached hydrogens (tertiary/aromatic N) is 2. The van der Waals surface area contributed by atoms with E-state index >= 15 is 0 Å². The minimum atomic E-state index is -0.0244. The second kappa shape index (κ2) is 6.40. The SMILES string of the molecule is CCOC(C)C(NC)c1nccnc1OC. The van der Waals surface area contributed by atoms with Gasteiger partial charge in [-0.2, -0.15) is 0 Å². The second-order valence-electron chi connectivity index (χ2n) is 3.38. The predicted molar refractivity (Wildman–Crippen MR) is 61.5 cm³/mol. The first-order chi connectivity index (χ1) is 7.74. The zero-order valence-corrected chi connectivity index (χ0v) is 10.2. The summed E-state index contributed by atoms with van der Waals surface area (Å²) in [7, 11) is 3.46. The van der Waals surface area contributed by atoms with Crippen molar-refractivity contribution in [3.63, 3.8) is 0 Å². The molecule has 1 heterocycles. The van der Waals surface area contributed by atoms with Gasteiger partial charge in [0.05, 0.1) is 19.3 Å². The summed E-state index contributed by atoms with van der Waals surface area (Å²) in [6.45, 7) is 4.64. The van der Waals surface area contributed by atoms with Crippen LogP contribution in [0.3, 0.4) is 0 Å². The molecule has 0 saturated carbocycles. The summed E-state index contributed by atoms with van der Waals surface area (Å²) in [6.07, 6.45) is 3.28. The zero-order valence-electron chi connectivity index (χ0n) is 10.2. The molecule has 1 N–H and O–H groups in total. The van der Waals surface area contributed by atoms with Crippen LogP contribution in [0.4, 0.5) is 0 Å². The normalized spacial score (nSPS) is 14.5. The predicted octanol–water partition coefficient (Wildman–Crippen LogP) is 1.17. The maximum Gasteiger partial charge on any atom is 0.237 e. The van der Waals surface area contributed by atoms with Crippen molar-refractivity contribution >= 4 is 0 Å². The summed E-state index contributed by atoms with van der Waals surface area (Å²) in [4.78, 5) is 8.42. The van der Waals surface area contributed by atoms with Gasteiger partial charge in [0.2, 0.25) is 5.88 Å². The van der Waals surface area contributed by atoms with Crippen molar-refractivity contribution in [2.75, 3.05) is 20.8 Å². The van der Waals surface area contributed by atoms with Crippen molar-refractivity contribution in [1.29, 1.82) is 0 Å². The molecule has 0 saturated heterocycles. The van der Waals surface area contributed by atoms with Crippen LogP contribution in [0.1, 0.15) is 25.6 Å². The van der Waals surface area contributed by atoms with Crippen LogP contribution in [0.2, 0.25) is 0 Å². The molecule has 5 heteroatoms. The van der Waals surface area contributed by atoms with E-state index in [-0.39, 0.29) is 12.1 Å². The molecule has 1 rings (SSSR count). The molecule has 16 heavy (non-hydrogen) atoms. The third-order valence-corrected chi connectivity index (χ3v) is 2.39. The molecule has 0 radical (unpaired) electrons. The van der Waals surface area contributed by atoms with Crippen molar-refractivity contribution in [2.24, 2.45) is 0 Å². The topological polar surface area (TPSA) is 56.3 Å². The lowest BCUT2D eigenvalue weighted by atomic mass is 10.1. The Morgan fingerprint density at radius 1 is 1.38 bits per heavy atom. The fourth-order valence-electron chi connectivity index (χ4n) is 1.66. The van der Waals surface area contributed by atoms with Gasteiger partial charge in [-0.25, -0.2) is 4.98 Å². The molecule has 0 bridgehead atoms. The van der Waals surface area contributed by atoms with Gasteiger partial charge in [0.25, 0.3) is 0 Å². The Morgan fingerprint density at radius 3 is 2.62 bits per heavy atom. The van der Waals surface area contributed by atoms with Crippen LogP contribution in [0.25, 0.3) is 0 Å². The molecule has 0 aliphatic rings. The molecule has 90 valence electrons. The van der Waals surface area contributed by atoms with E-state index in [4.69, 9.17) is 9.47 Å². The van der Waals surface area contributed by atoms with Gasteiger partial charge < -0.3 is 14.8 Å². The average Bonchev–Trinajstić information content (AvgIpc) is 2.31. The van der Waals surface area contributed by atoms with Gasteiger partial charge in [0, 0.05) is 19.0 Å². The monoisotopic (exact) mass is 225 g/mol. The molecule has 0 aromatic carbocycles. The highest BCUT2D eigenvalue weighted by Crippen LogP contribution is 2.23. The molecule has 0 fully saturated rings. The number of rotatable bonds is 6. The first kappa shape index (κ1) is 12.9. The van der Waals surface area contributed by atoms with E-state index in [0.717, 1.165) is 5.69 Å². The van der Waals surface area contributed by atoms with Gasteiger partial charge in [-0.05, 0) is 20.9 Å². The Bertz CT molecular complexity index is 320. The summed E-state index contributed by atoms with van der Waals surface area (Å²) in [5.41, 5.74) is 0.772. The van der Waals surface area contributed by atoms with Gasteiger partial charge in [-0.3, -0.25) is 4.98 Å². The van der Waals surface area contributed by atoms with E-state index in [1.165, 1.54) is 0 Å². The fourth-order valence-corrected chi connectivity index (χ4v) is 1.66. The Morgan fingerprint density at radius 2 is 2.06 bits per heavy atom. The van der Waals surface area contributed by atoms with Gasteiger partial charge in [-0.15, -0.1) is 0 Å². The molecular weight excluding hydrogens is 206 g/mol. The van der Waals surface area contributed by atoms with Crippen LogP contribution in [-0.2, 0) is 4.74 Å². The van der Waals surface area contributed by atoms with Crippen LogP contribution >= 0.6 is 0 Å². The second-order valence-corrected chi connectivity index (χ2v) is 3.38. The summed E-state index contributed by atoms with van der Waals surface area (Å²) in [5.74, 6) is 0.536. The first-order valence-corrected chi connectivity index (χ1v) is 5.38. The highest BCUT2D eigenvalue weighted by atomic mass is 16.5. The van der Waals surface area contributed by atoms with Crippen molar-refractivity contribution in [3.8, 4) is 5.88 Å². The minimum absolute atomic E-state index is 0.0144. The van der Waals surface area contributed by atoms with E-state index < -0.39 is 0 Å². The third kappa shape index (κ3) is 2.90. The molecule has 2 unspecified atom stereocenters. The maximum absolute atomic E-state index is 5.56. The summed E-state index contributed by atoms with van der Waals surface area (Å²) in [5, 5.41) is 3.17. The van der Waals surface area contributed by atoms with Crippen LogP contribution in [0.5, 0.6) is 5.88 Å². The number of hydrogen-bond acceptors (Lipinski definition) is 5. The Labute approximate surface area is 96.2 Å². The van der Waals surface area contributed by atoms with Crippen LogP contribution < -0.4 is 10.1 Å². The lowest BCUT2D eigenvalue weighted by Crippen LogP contribution is -2.30. The highest BCUT2D eigenvalue weighted by Gasteiger charge is 2.23. The fraction of sp³-hybridized carbons (Fsp3) is 0.636. The number of ether oxygens (including phenoxy) is 2. The largest absolute Gasteiger partial charge is 0.480 e. The molecule has 0 amide bonds. The summed E-state index contributed by atoms with van der Waals surface area (Å²) >= 11 is 0. The standard InChI is InChI=1S/C11H19N3O2/c1-5-16-8(2)9(12-3)10-11(15-4)14-7-6-13-10/h6-9,12H,5H2,1-4H3. The molecule has 0 spiro atoms. The van der Waals surface area contributed by atoms with E-state index in [2.05, 4.69) is 15.3 Å². The molecule has 1 aromatic heterocycles. The van der Waals surface area contributed by atoms with Crippen LogP contribution in [0.15, 0.2) is 12.4 Å². The Hall–Kier alpha value is -1.20. The van der Waals surface area contributed by atoms with Gasteiger partial charge >= 0.3 is 0 Å². The van der Waals surface area contributed by atoms with Gasteiger partial charge in [0.1, 0.15) is 5.69 Å². The van der Waals surface area contributed by atoms with Crippen molar-refractivity contribution in [3.05, 3.63) is 18.1 Å². The quantitative estimate of drug-likeness (QED) is 0.787. The lowest BCUT2D eigenvalue weighted by molar-refractivity contribution is 0.0473. The number of likely N-dealkylation sites (N-methyl/N-ethyl adjacent to an activating group) is 1.